The second-order valence-electron chi connectivity index (χ2n) is 3.89. The normalized spacial score (nSPS) is 21.1. The number of anilines is 1. The summed E-state index contributed by atoms with van der Waals surface area (Å²) in [5, 5.41) is 6.91. The van der Waals surface area contributed by atoms with E-state index in [0.29, 0.717) is 6.04 Å². The molecule has 0 aromatic heterocycles. The van der Waals surface area contributed by atoms with E-state index in [1.807, 2.05) is 0 Å². The molecule has 1 fully saturated rings. The molecule has 1 aromatic carbocycles. The molecule has 0 radical (unpaired) electrons. The molecule has 0 bridgehead atoms. The number of rotatable bonds is 3. The summed E-state index contributed by atoms with van der Waals surface area (Å²) in [6, 6.07) is 9.32. The van der Waals surface area contributed by atoms with Crippen LogP contribution in [0.1, 0.15) is 18.9 Å². The Labute approximate surface area is 85.7 Å². The van der Waals surface area contributed by atoms with Crippen molar-refractivity contribution in [2.24, 2.45) is 0 Å². The molecule has 0 spiro atoms. The fourth-order valence-electron chi connectivity index (χ4n) is 1.89. The van der Waals surface area contributed by atoms with Crippen molar-refractivity contribution in [2.45, 2.75) is 25.8 Å². The molecule has 0 saturated carbocycles. The van der Waals surface area contributed by atoms with Crippen molar-refractivity contribution in [2.75, 3.05) is 18.4 Å². The van der Waals surface area contributed by atoms with Crippen LogP contribution in [0.25, 0.3) is 0 Å². The minimum absolute atomic E-state index is 0.613. The number of hydrogen-bond acceptors (Lipinski definition) is 2. The van der Waals surface area contributed by atoms with E-state index in [1.165, 1.54) is 17.7 Å². The van der Waals surface area contributed by atoms with Crippen molar-refractivity contribution in [3.63, 3.8) is 0 Å². The largest absolute Gasteiger partial charge is 0.381 e. The van der Waals surface area contributed by atoms with Gasteiger partial charge in [0.05, 0.1) is 0 Å². The third-order valence-corrected chi connectivity index (χ3v) is 2.77. The van der Waals surface area contributed by atoms with Gasteiger partial charge >= 0.3 is 0 Å². The van der Waals surface area contributed by atoms with Crippen LogP contribution in [0, 0.1) is 0 Å². The van der Waals surface area contributed by atoms with Gasteiger partial charge in [0.2, 0.25) is 0 Å². The Morgan fingerprint density at radius 2 is 2.43 bits per heavy atom. The Morgan fingerprint density at radius 3 is 3.14 bits per heavy atom. The lowest BCUT2D eigenvalue weighted by molar-refractivity contribution is 0.793. The molecule has 1 heterocycles. The summed E-state index contributed by atoms with van der Waals surface area (Å²) in [7, 11) is 0. The summed E-state index contributed by atoms with van der Waals surface area (Å²) in [4.78, 5) is 0. The molecule has 1 saturated heterocycles. The van der Waals surface area contributed by atoms with Crippen LogP contribution in [-0.2, 0) is 6.42 Å². The smallest absolute Gasteiger partial charge is 0.0398 e. The van der Waals surface area contributed by atoms with Gasteiger partial charge in [-0.1, -0.05) is 19.1 Å². The molecular formula is C12H18N2. The van der Waals surface area contributed by atoms with Gasteiger partial charge in [-0.15, -0.1) is 0 Å². The predicted octanol–water partition coefficient (Wildman–Crippen LogP) is 2.02. The highest BCUT2D eigenvalue weighted by atomic mass is 15.0. The van der Waals surface area contributed by atoms with Gasteiger partial charge in [0.25, 0.3) is 0 Å². The summed E-state index contributed by atoms with van der Waals surface area (Å²) in [6.45, 7) is 4.43. The summed E-state index contributed by atoms with van der Waals surface area (Å²) in [5.74, 6) is 0. The minimum Gasteiger partial charge on any atom is -0.381 e. The number of benzene rings is 1. The van der Waals surface area contributed by atoms with Crippen molar-refractivity contribution < 1.29 is 0 Å². The fourth-order valence-corrected chi connectivity index (χ4v) is 1.89. The summed E-state index contributed by atoms with van der Waals surface area (Å²) in [6.07, 6.45) is 2.34. The zero-order valence-electron chi connectivity index (χ0n) is 8.72. The molecule has 1 atom stereocenters. The highest BCUT2D eigenvalue weighted by Crippen LogP contribution is 2.14. The summed E-state index contributed by atoms with van der Waals surface area (Å²) >= 11 is 0. The van der Waals surface area contributed by atoms with Crippen molar-refractivity contribution in [1.29, 1.82) is 0 Å². The average Bonchev–Trinajstić information content (AvgIpc) is 2.71. The van der Waals surface area contributed by atoms with Gasteiger partial charge < -0.3 is 10.6 Å². The van der Waals surface area contributed by atoms with Gasteiger partial charge in [-0.3, -0.25) is 0 Å². The van der Waals surface area contributed by atoms with Gasteiger partial charge in [-0.05, 0) is 37.1 Å². The zero-order chi connectivity index (χ0) is 9.80. The standard InChI is InChI=1S/C12H18N2/c1-2-10-4-3-5-11(8-10)14-12-6-7-13-9-12/h3-5,8,12-14H,2,6-7,9H2,1H3. The molecule has 0 aliphatic carbocycles. The van der Waals surface area contributed by atoms with Crippen LogP contribution < -0.4 is 10.6 Å². The van der Waals surface area contributed by atoms with E-state index in [0.717, 1.165) is 19.5 Å². The third-order valence-electron chi connectivity index (χ3n) is 2.77. The molecular weight excluding hydrogens is 172 g/mol. The molecule has 2 rings (SSSR count). The topological polar surface area (TPSA) is 24.1 Å². The van der Waals surface area contributed by atoms with Crippen LogP contribution in [0.4, 0.5) is 5.69 Å². The monoisotopic (exact) mass is 190 g/mol. The van der Waals surface area contributed by atoms with Gasteiger partial charge in [0.15, 0.2) is 0 Å². The molecule has 1 aromatic rings. The van der Waals surface area contributed by atoms with Crippen LogP contribution in [0.5, 0.6) is 0 Å². The first-order chi connectivity index (χ1) is 6.88. The van der Waals surface area contributed by atoms with Gasteiger partial charge in [0.1, 0.15) is 0 Å². The Balaban J connectivity index is 2.00. The van der Waals surface area contributed by atoms with Crippen LogP contribution >= 0.6 is 0 Å². The Kier molecular flexibility index (Phi) is 3.04. The molecule has 76 valence electrons. The van der Waals surface area contributed by atoms with E-state index in [1.54, 1.807) is 0 Å². The molecule has 0 amide bonds. The molecule has 1 unspecified atom stereocenters. The second-order valence-corrected chi connectivity index (χ2v) is 3.89. The van der Waals surface area contributed by atoms with E-state index in [-0.39, 0.29) is 0 Å². The van der Waals surface area contributed by atoms with Crippen molar-refractivity contribution >= 4 is 5.69 Å². The highest BCUT2D eigenvalue weighted by molar-refractivity contribution is 5.46. The maximum atomic E-state index is 3.55. The van der Waals surface area contributed by atoms with E-state index < -0.39 is 0 Å². The maximum Gasteiger partial charge on any atom is 0.0398 e. The van der Waals surface area contributed by atoms with Crippen LogP contribution in [0.3, 0.4) is 0 Å². The summed E-state index contributed by atoms with van der Waals surface area (Å²) < 4.78 is 0. The van der Waals surface area contributed by atoms with E-state index in [9.17, 15) is 0 Å². The first-order valence-electron chi connectivity index (χ1n) is 5.44. The van der Waals surface area contributed by atoms with Crippen molar-refractivity contribution in [3.05, 3.63) is 29.8 Å². The lowest BCUT2D eigenvalue weighted by atomic mass is 10.1. The molecule has 1 aliphatic rings. The first-order valence-corrected chi connectivity index (χ1v) is 5.44. The molecule has 1 aliphatic heterocycles. The van der Waals surface area contributed by atoms with E-state index >= 15 is 0 Å². The Morgan fingerprint density at radius 1 is 1.50 bits per heavy atom. The van der Waals surface area contributed by atoms with Gasteiger partial charge in [-0.2, -0.15) is 0 Å². The quantitative estimate of drug-likeness (QED) is 0.762. The summed E-state index contributed by atoms with van der Waals surface area (Å²) in [5.41, 5.74) is 2.67. The lowest BCUT2D eigenvalue weighted by Gasteiger charge is -2.13. The molecule has 2 heteroatoms. The minimum atomic E-state index is 0.613. The average molecular weight is 190 g/mol. The van der Waals surface area contributed by atoms with Gasteiger partial charge in [-0.25, -0.2) is 0 Å². The maximum absolute atomic E-state index is 3.55. The van der Waals surface area contributed by atoms with Crippen molar-refractivity contribution in [1.82, 2.24) is 5.32 Å². The predicted molar refractivity (Wildman–Crippen MR) is 60.7 cm³/mol. The van der Waals surface area contributed by atoms with Crippen molar-refractivity contribution in [3.8, 4) is 0 Å². The zero-order valence-corrected chi connectivity index (χ0v) is 8.72. The Hall–Kier alpha value is -1.02. The number of hydrogen-bond donors (Lipinski definition) is 2. The van der Waals surface area contributed by atoms with Crippen LogP contribution in [0.2, 0.25) is 0 Å². The highest BCUT2D eigenvalue weighted by Gasteiger charge is 2.13. The van der Waals surface area contributed by atoms with Gasteiger partial charge in [0, 0.05) is 18.3 Å². The van der Waals surface area contributed by atoms with E-state index in [4.69, 9.17) is 0 Å². The molecule has 14 heavy (non-hydrogen) atoms. The molecule has 2 N–H and O–H groups in total. The first kappa shape index (κ1) is 9.53. The number of nitrogens with one attached hydrogen (secondary N) is 2. The SMILES string of the molecule is CCc1cccc(NC2CCNC2)c1. The van der Waals surface area contributed by atoms with E-state index in [2.05, 4.69) is 41.8 Å². The number of aryl methyl sites for hydroxylation is 1. The second kappa shape index (κ2) is 4.47. The lowest BCUT2D eigenvalue weighted by Crippen LogP contribution is -2.22. The fraction of sp³-hybridized carbons (Fsp3) is 0.500. The third kappa shape index (κ3) is 2.26. The van der Waals surface area contributed by atoms with Crippen LogP contribution in [0.15, 0.2) is 24.3 Å². The Bertz CT molecular complexity index is 290. The van der Waals surface area contributed by atoms with Crippen LogP contribution in [-0.4, -0.2) is 19.1 Å². The molecule has 2 nitrogen and oxygen atoms in total.